The zero-order valence-electron chi connectivity index (χ0n) is 11.9. The highest BCUT2D eigenvalue weighted by molar-refractivity contribution is 7.14. The molecule has 6 heteroatoms. The van der Waals surface area contributed by atoms with Crippen LogP contribution in [0.15, 0.2) is 35.7 Å². The van der Waals surface area contributed by atoms with Gasteiger partial charge in [-0.25, -0.2) is 4.39 Å². The summed E-state index contributed by atoms with van der Waals surface area (Å²) in [4.78, 5) is 0.929. The lowest BCUT2D eigenvalue weighted by Gasteiger charge is -2.15. The molecule has 0 amide bonds. The molecule has 0 saturated heterocycles. The SMILES string of the molecule is Cn1c(-c2sccc2Cl)nnc1C1(c2ccc(F)cc2)CC1. The zero-order valence-corrected chi connectivity index (χ0v) is 13.5. The molecule has 0 bridgehead atoms. The number of nitrogens with zero attached hydrogens (tertiary/aromatic N) is 3. The summed E-state index contributed by atoms with van der Waals surface area (Å²) in [6, 6.07) is 8.55. The fourth-order valence-electron chi connectivity index (χ4n) is 2.93. The van der Waals surface area contributed by atoms with Crippen molar-refractivity contribution in [3.8, 4) is 10.7 Å². The van der Waals surface area contributed by atoms with Crippen molar-refractivity contribution >= 4 is 22.9 Å². The van der Waals surface area contributed by atoms with E-state index in [0.29, 0.717) is 5.02 Å². The van der Waals surface area contributed by atoms with E-state index in [1.807, 2.05) is 35.2 Å². The first-order valence-corrected chi connectivity index (χ1v) is 8.27. The molecule has 1 saturated carbocycles. The van der Waals surface area contributed by atoms with Gasteiger partial charge in [0.1, 0.15) is 11.6 Å². The quantitative estimate of drug-likeness (QED) is 0.710. The highest BCUT2D eigenvalue weighted by Gasteiger charge is 2.50. The summed E-state index contributed by atoms with van der Waals surface area (Å²) >= 11 is 7.76. The van der Waals surface area contributed by atoms with Gasteiger partial charge in [-0.1, -0.05) is 23.7 Å². The van der Waals surface area contributed by atoms with Crippen molar-refractivity contribution < 1.29 is 4.39 Å². The van der Waals surface area contributed by atoms with Gasteiger partial charge in [-0.05, 0) is 42.0 Å². The molecule has 1 aliphatic rings. The van der Waals surface area contributed by atoms with Crippen molar-refractivity contribution in [3.05, 3.63) is 57.9 Å². The van der Waals surface area contributed by atoms with Crippen molar-refractivity contribution in [2.45, 2.75) is 18.3 Å². The third-order valence-corrected chi connectivity index (χ3v) is 5.61. The van der Waals surface area contributed by atoms with Crippen LogP contribution in [0.2, 0.25) is 5.02 Å². The molecule has 0 aliphatic heterocycles. The van der Waals surface area contributed by atoms with E-state index in [-0.39, 0.29) is 11.2 Å². The molecule has 3 aromatic rings. The Morgan fingerprint density at radius 2 is 1.91 bits per heavy atom. The molecule has 22 heavy (non-hydrogen) atoms. The number of aromatic nitrogens is 3. The molecule has 2 heterocycles. The summed E-state index contributed by atoms with van der Waals surface area (Å²) < 4.78 is 15.2. The van der Waals surface area contributed by atoms with Crippen LogP contribution in [0.3, 0.4) is 0 Å². The van der Waals surface area contributed by atoms with Gasteiger partial charge >= 0.3 is 0 Å². The standard InChI is InChI=1S/C16H13ClFN3S/c1-21-14(13-12(17)6-9-22-13)19-20-15(21)16(7-8-16)10-2-4-11(18)5-3-10/h2-6,9H,7-8H2,1H3. The largest absolute Gasteiger partial charge is 0.313 e. The summed E-state index contributed by atoms with van der Waals surface area (Å²) in [6.07, 6.45) is 2.01. The third-order valence-electron chi connectivity index (χ3n) is 4.27. The molecule has 0 N–H and O–H groups in total. The van der Waals surface area contributed by atoms with Crippen molar-refractivity contribution in [2.24, 2.45) is 7.05 Å². The molecule has 4 rings (SSSR count). The van der Waals surface area contributed by atoms with E-state index in [0.717, 1.165) is 34.9 Å². The lowest BCUT2D eigenvalue weighted by molar-refractivity contribution is 0.624. The second-order valence-corrected chi connectivity index (χ2v) is 6.92. The Morgan fingerprint density at radius 1 is 1.18 bits per heavy atom. The number of benzene rings is 1. The van der Waals surface area contributed by atoms with E-state index in [1.165, 1.54) is 12.1 Å². The Labute approximate surface area is 136 Å². The Bertz CT molecular complexity index is 833. The Morgan fingerprint density at radius 3 is 2.50 bits per heavy atom. The van der Waals surface area contributed by atoms with Crippen molar-refractivity contribution in [1.29, 1.82) is 0 Å². The highest BCUT2D eigenvalue weighted by atomic mass is 35.5. The minimum absolute atomic E-state index is 0.141. The number of hydrogen-bond acceptors (Lipinski definition) is 3. The zero-order chi connectivity index (χ0) is 15.3. The molecule has 0 unspecified atom stereocenters. The smallest absolute Gasteiger partial charge is 0.175 e. The van der Waals surface area contributed by atoms with Gasteiger partial charge in [-0.2, -0.15) is 0 Å². The number of rotatable bonds is 3. The summed E-state index contributed by atoms with van der Waals surface area (Å²) in [6.45, 7) is 0. The number of halogens is 2. The van der Waals surface area contributed by atoms with Crippen LogP contribution < -0.4 is 0 Å². The van der Waals surface area contributed by atoms with Crippen LogP contribution in [0.1, 0.15) is 24.2 Å². The molecule has 1 fully saturated rings. The topological polar surface area (TPSA) is 30.7 Å². The van der Waals surface area contributed by atoms with E-state index in [2.05, 4.69) is 10.2 Å². The van der Waals surface area contributed by atoms with Gasteiger partial charge < -0.3 is 4.57 Å². The van der Waals surface area contributed by atoms with Crippen LogP contribution in [0, 0.1) is 5.82 Å². The predicted octanol–water partition coefficient (Wildman–Crippen LogP) is 4.42. The van der Waals surface area contributed by atoms with E-state index >= 15 is 0 Å². The average molecular weight is 334 g/mol. The van der Waals surface area contributed by atoms with Crippen molar-refractivity contribution in [3.63, 3.8) is 0 Å². The maximum atomic E-state index is 13.2. The third kappa shape index (κ3) is 2.00. The Balaban J connectivity index is 1.79. The summed E-state index contributed by atoms with van der Waals surface area (Å²) in [5.41, 5.74) is 0.950. The van der Waals surface area contributed by atoms with Gasteiger partial charge in [0.05, 0.1) is 15.3 Å². The van der Waals surface area contributed by atoms with Crippen LogP contribution in [0.25, 0.3) is 10.7 Å². The second kappa shape index (κ2) is 4.89. The van der Waals surface area contributed by atoms with Gasteiger partial charge in [0.15, 0.2) is 5.82 Å². The molecular weight excluding hydrogens is 321 g/mol. The first-order chi connectivity index (χ1) is 10.6. The molecule has 3 nitrogen and oxygen atoms in total. The molecule has 1 aliphatic carbocycles. The normalized spacial score (nSPS) is 16.0. The van der Waals surface area contributed by atoms with Crippen LogP contribution in [0.4, 0.5) is 4.39 Å². The van der Waals surface area contributed by atoms with Crippen LogP contribution in [-0.2, 0) is 12.5 Å². The maximum absolute atomic E-state index is 13.2. The van der Waals surface area contributed by atoms with Gasteiger partial charge in [0.2, 0.25) is 0 Å². The predicted molar refractivity (Wildman–Crippen MR) is 85.7 cm³/mol. The minimum Gasteiger partial charge on any atom is -0.313 e. The van der Waals surface area contributed by atoms with E-state index in [9.17, 15) is 4.39 Å². The number of thiophene rings is 1. The molecule has 0 spiro atoms. The van der Waals surface area contributed by atoms with Gasteiger partial charge in [-0.3, -0.25) is 0 Å². The highest BCUT2D eigenvalue weighted by Crippen LogP contribution is 2.53. The molecule has 1 aromatic carbocycles. The Hall–Kier alpha value is -1.72. The Kier molecular flexibility index (Phi) is 3.09. The average Bonchev–Trinajstić information content (AvgIpc) is 3.06. The van der Waals surface area contributed by atoms with Crippen LogP contribution in [0.5, 0.6) is 0 Å². The lowest BCUT2D eigenvalue weighted by Crippen LogP contribution is -2.15. The molecule has 2 aromatic heterocycles. The minimum atomic E-state index is -0.219. The monoisotopic (exact) mass is 333 g/mol. The molecule has 0 atom stereocenters. The van der Waals surface area contributed by atoms with Gasteiger partial charge in [0.25, 0.3) is 0 Å². The van der Waals surface area contributed by atoms with Crippen molar-refractivity contribution in [2.75, 3.05) is 0 Å². The molecular formula is C16H13ClFN3S. The first-order valence-electron chi connectivity index (χ1n) is 7.01. The lowest BCUT2D eigenvalue weighted by atomic mass is 9.95. The van der Waals surface area contributed by atoms with Gasteiger partial charge in [-0.15, -0.1) is 21.5 Å². The van der Waals surface area contributed by atoms with Crippen LogP contribution >= 0.6 is 22.9 Å². The van der Waals surface area contributed by atoms with E-state index < -0.39 is 0 Å². The summed E-state index contributed by atoms with van der Waals surface area (Å²) in [5.74, 6) is 1.48. The summed E-state index contributed by atoms with van der Waals surface area (Å²) in [5, 5.41) is 11.4. The first kappa shape index (κ1) is 13.9. The van der Waals surface area contributed by atoms with Crippen molar-refractivity contribution in [1.82, 2.24) is 14.8 Å². The van der Waals surface area contributed by atoms with Crippen LogP contribution in [-0.4, -0.2) is 14.8 Å². The van der Waals surface area contributed by atoms with Gasteiger partial charge in [0, 0.05) is 7.05 Å². The molecule has 112 valence electrons. The fourth-order valence-corrected chi connectivity index (χ4v) is 4.09. The fraction of sp³-hybridized carbons (Fsp3) is 0.250. The maximum Gasteiger partial charge on any atom is 0.175 e. The van der Waals surface area contributed by atoms with E-state index in [4.69, 9.17) is 11.6 Å². The second-order valence-electron chi connectivity index (χ2n) is 5.59. The van der Waals surface area contributed by atoms with E-state index in [1.54, 1.807) is 11.3 Å². The summed E-state index contributed by atoms with van der Waals surface area (Å²) in [7, 11) is 1.96. The number of hydrogen-bond donors (Lipinski definition) is 0. The molecule has 0 radical (unpaired) electrons.